The molecule has 1 aromatic heterocycles. The highest BCUT2D eigenvalue weighted by Gasteiger charge is 2.09. The second-order valence-corrected chi connectivity index (χ2v) is 8.00. The molecule has 1 aromatic rings. The SMILES string of the molecule is CCS(=O)(=O)NCCCNC(=NC)N(C)Cc1csc(C)n1.I. The molecule has 2 N–H and O–H groups in total. The number of thiazole rings is 1. The molecule has 0 amide bonds. The van der Waals surface area contributed by atoms with Crippen LogP contribution in [0.25, 0.3) is 0 Å². The minimum atomic E-state index is -3.11. The van der Waals surface area contributed by atoms with Gasteiger partial charge in [0, 0.05) is 32.6 Å². The molecule has 0 atom stereocenters. The minimum Gasteiger partial charge on any atom is -0.356 e. The van der Waals surface area contributed by atoms with Gasteiger partial charge in [0.15, 0.2) is 5.96 Å². The van der Waals surface area contributed by atoms with E-state index in [4.69, 9.17) is 0 Å². The number of hydrogen-bond acceptors (Lipinski definition) is 5. The zero-order valence-corrected chi connectivity index (χ0v) is 18.0. The van der Waals surface area contributed by atoms with Gasteiger partial charge in [-0.25, -0.2) is 18.1 Å². The van der Waals surface area contributed by atoms with E-state index in [1.165, 1.54) is 0 Å². The molecule has 7 nitrogen and oxygen atoms in total. The van der Waals surface area contributed by atoms with Crippen molar-refractivity contribution in [1.29, 1.82) is 0 Å². The molecule has 1 heterocycles. The zero-order chi connectivity index (χ0) is 16.6. The number of aromatic nitrogens is 1. The summed E-state index contributed by atoms with van der Waals surface area (Å²) in [6.07, 6.45) is 0.696. The predicted octanol–water partition coefficient (Wildman–Crippen LogP) is 1.41. The Hall–Kier alpha value is -0.460. The van der Waals surface area contributed by atoms with Gasteiger partial charge in [-0.1, -0.05) is 0 Å². The van der Waals surface area contributed by atoms with Gasteiger partial charge in [-0.2, -0.15) is 0 Å². The molecule has 0 unspecified atom stereocenters. The minimum absolute atomic E-state index is 0. The summed E-state index contributed by atoms with van der Waals surface area (Å²) >= 11 is 1.63. The molecular weight excluding hydrogens is 449 g/mol. The second kappa shape index (κ2) is 11.2. The molecule has 10 heteroatoms. The molecule has 0 radical (unpaired) electrons. The molecular formula is C13H26IN5O2S2. The standard InChI is InChI=1S/C13H25N5O2S2.HI/c1-5-22(19,20)16-8-6-7-15-13(14-3)18(4)9-12-10-21-11(2)17-12;/h10,16H,5-9H2,1-4H3,(H,14,15);1H. The van der Waals surface area contributed by atoms with Crippen LogP contribution in [0.5, 0.6) is 0 Å². The monoisotopic (exact) mass is 475 g/mol. The third kappa shape index (κ3) is 8.82. The smallest absolute Gasteiger partial charge is 0.211 e. The molecule has 0 aliphatic rings. The highest BCUT2D eigenvalue weighted by atomic mass is 127. The fourth-order valence-corrected chi connectivity index (χ4v) is 3.07. The Bertz CT molecular complexity index is 589. The largest absolute Gasteiger partial charge is 0.356 e. The van der Waals surface area contributed by atoms with Crippen LogP contribution >= 0.6 is 35.3 Å². The number of guanidine groups is 1. The van der Waals surface area contributed by atoms with Gasteiger partial charge in [0.05, 0.1) is 23.0 Å². The van der Waals surface area contributed by atoms with Crippen molar-refractivity contribution >= 4 is 51.3 Å². The Morgan fingerprint density at radius 2 is 2.13 bits per heavy atom. The van der Waals surface area contributed by atoms with Gasteiger partial charge in [-0.15, -0.1) is 35.3 Å². The van der Waals surface area contributed by atoms with Gasteiger partial charge in [-0.05, 0) is 20.3 Å². The topological polar surface area (TPSA) is 86.7 Å². The van der Waals surface area contributed by atoms with E-state index in [1.54, 1.807) is 25.3 Å². The van der Waals surface area contributed by atoms with E-state index in [1.807, 2.05) is 24.3 Å². The lowest BCUT2D eigenvalue weighted by atomic mass is 10.4. The quantitative estimate of drug-likeness (QED) is 0.257. The van der Waals surface area contributed by atoms with Crippen molar-refractivity contribution in [3.8, 4) is 0 Å². The van der Waals surface area contributed by atoms with Gasteiger partial charge in [0.2, 0.25) is 10.0 Å². The molecule has 0 aliphatic heterocycles. The molecule has 0 aliphatic carbocycles. The molecule has 0 spiro atoms. The van der Waals surface area contributed by atoms with Gasteiger partial charge < -0.3 is 10.2 Å². The summed E-state index contributed by atoms with van der Waals surface area (Å²) < 4.78 is 25.1. The maximum atomic E-state index is 11.3. The Morgan fingerprint density at radius 3 is 2.65 bits per heavy atom. The molecule has 134 valence electrons. The van der Waals surface area contributed by atoms with E-state index in [9.17, 15) is 8.42 Å². The normalized spacial score (nSPS) is 11.9. The molecule has 0 aromatic carbocycles. The first-order valence-electron chi connectivity index (χ1n) is 7.18. The number of rotatable bonds is 8. The molecule has 1 rings (SSSR count). The average Bonchev–Trinajstić information content (AvgIpc) is 2.87. The zero-order valence-electron chi connectivity index (χ0n) is 14.0. The van der Waals surface area contributed by atoms with E-state index in [0.717, 1.165) is 16.7 Å². The van der Waals surface area contributed by atoms with E-state index < -0.39 is 10.0 Å². The molecule has 0 bridgehead atoms. The van der Waals surface area contributed by atoms with Gasteiger partial charge in [0.1, 0.15) is 0 Å². The van der Waals surface area contributed by atoms with Crippen molar-refractivity contribution in [1.82, 2.24) is 19.9 Å². The van der Waals surface area contributed by atoms with Crippen molar-refractivity contribution in [2.24, 2.45) is 4.99 Å². The summed E-state index contributed by atoms with van der Waals surface area (Å²) in [7, 11) is 0.569. The van der Waals surface area contributed by atoms with Crippen LogP contribution < -0.4 is 10.0 Å². The van der Waals surface area contributed by atoms with Crippen LogP contribution in [0.15, 0.2) is 10.4 Å². The van der Waals surface area contributed by atoms with Crippen molar-refractivity contribution in [3.63, 3.8) is 0 Å². The lowest BCUT2D eigenvalue weighted by molar-refractivity contribution is 0.469. The van der Waals surface area contributed by atoms with Crippen LogP contribution in [0.4, 0.5) is 0 Å². The Kier molecular flexibility index (Phi) is 10.9. The third-order valence-corrected chi connectivity index (χ3v) is 5.20. The van der Waals surface area contributed by atoms with Crippen LogP contribution in [0, 0.1) is 6.92 Å². The average molecular weight is 475 g/mol. The number of hydrogen-bond donors (Lipinski definition) is 2. The highest BCUT2D eigenvalue weighted by molar-refractivity contribution is 14.0. The van der Waals surface area contributed by atoms with Crippen LogP contribution in [0.3, 0.4) is 0 Å². The Morgan fingerprint density at radius 1 is 1.43 bits per heavy atom. The van der Waals surface area contributed by atoms with E-state index in [0.29, 0.717) is 26.1 Å². The van der Waals surface area contributed by atoms with E-state index in [-0.39, 0.29) is 29.7 Å². The third-order valence-electron chi connectivity index (χ3n) is 2.98. The fraction of sp³-hybridized carbons (Fsp3) is 0.692. The van der Waals surface area contributed by atoms with Crippen molar-refractivity contribution < 1.29 is 8.42 Å². The van der Waals surface area contributed by atoms with Crippen LogP contribution in [-0.4, -0.2) is 57.2 Å². The fourth-order valence-electron chi connectivity index (χ4n) is 1.80. The van der Waals surface area contributed by atoms with E-state index >= 15 is 0 Å². The van der Waals surface area contributed by atoms with Crippen molar-refractivity contribution in [2.75, 3.05) is 32.9 Å². The van der Waals surface area contributed by atoms with Crippen LogP contribution in [0.2, 0.25) is 0 Å². The number of aliphatic imine (C=N–C) groups is 1. The van der Waals surface area contributed by atoms with Crippen molar-refractivity contribution in [2.45, 2.75) is 26.8 Å². The Balaban J connectivity index is 0.00000484. The maximum absolute atomic E-state index is 11.3. The van der Waals surface area contributed by atoms with Gasteiger partial charge in [-0.3, -0.25) is 4.99 Å². The molecule has 23 heavy (non-hydrogen) atoms. The summed E-state index contributed by atoms with van der Waals surface area (Å²) in [6.45, 7) is 5.37. The van der Waals surface area contributed by atoms with Gasteiger partial charge >= 0.3 is 0 Å². The number of nitrogens with one attached hydrogen (secondary N) is 2. The first kappa shape index (κ1) is 22.5. The number of nitrogens with zero attached hydrogens (tertiary/aromatic N) is 3. The summed E-state index contributed by atoms with van der Waals surface area (Å²) in [4.78, 5) is 10.6. The first-order chi connectivity index (χ1) is 10.4. The summed E-state index contributed by atoms with van der Waals surface area (Å²) in [5, 5.41) is 6.31. The molecule has 0 saturated heterocycles. The molecule has 0 fully saturated rings. The van der Waals surface area contributed by atoms with Crippen LogP contribution in [-0.2, 0) is 16.6 Å². The Labute approximate surface area is 160 Å². The second-order valence-electron chi connectivity index (χ2n) is 4.84. The first-order valence-corrected chi connectivity index (χ1v) is 9.71. The lowest BCUT2D eigenvalue weighted by Gasteiger charge is -2.21. The van der Waals surface area contributed by atoms with Crippen LogP contribution in [0.1, 0.15) is 24.0 Å². The maximum Gasteiger partial charge on any atom is 0.211 e. The number of halogens is 1. The highest BCUT2D eigenvalue weighted by Crippen LogP contribution is 2.09. The number of aryl methyl sites for hydroxylation is 1. The molecule has 0 saturated carbocycles. The van der Waals surface area contributed by atoms with E-state index in [2.05, 4.69) is 20.0 Å². The lowest BCUT2D eigenvalue weighted by Crippen LogP contribution is -2.39. The number of sulfonamides is 1. The summed E-state index contributed by atoms with van der Waals surface area (Å²) in [5.74, 6) is 0.877. The van der Waals surface area contributed by atoms with Gasteiger partial charge in [0.25, 0.3) is 0 Å². The summed E-state index contributed by atoms with van der Waals surface area (Å²) in [6, 6.07) is 0. The van der Waals surface area contributed by atoms with Crippen molar-refractivity contribution in [3.05, 3.63) is 16.1 Å². The predicted molar refractivity (Wildman–Crippen MR) is 107 cm³/mol. The summed E-state index contributed by atoms with van der Waals surface area (Å²) in [5.41, 5.74) is 1.02.